The van der Waals surface area contributed by atoms with Gasteiger partial charge in [0.15, 0.2) is 0 Å². The monoisotopic (exact) mass is 183 g/mol. The van der Waals surface area contributed by atoms with Crippen molar-refractivity contribution in [1.82, 2.24) is 4.98 Å². The van der Waals surface area contributed by atoms with Gasteiger partial charge < -0.3 is 4.98 Å². The second-order valence-corrected chi connectivity index (χ2v) is 3.90. The van der Waals surface area contributed by atoms with Crippen LogP contribution in [-0.4, -0.2) is 4.98 Å². The zero-order valence-corrected chi connectivity index (χ0v) is 8.09. The number of rotatable bonds is 1. The largest absolute Gasteiger partial charge is 0.361 e. The van der Waals surface area contributed by atoms with E-state index in [2.05, 4.69) is 35.3 Å². The van der Waals surface area contributed by atoms with Crippen molar-refractivity contribution in [1.29, 1.82) is 0 Å². The van der Waals surface area contributed by atoms with Gasteiger partial charge in [-0.2, -0.15) is 0 Å². The molecule has 0 bridgehead atoms. The summed E-state index contributed by atoms with van der Waals surface area (Å²) in [5, 5.41) is 1.32. The highest BCUT2D eigenvalue weighted by Gasteiger charge is 2.07. The highest BCUT2D eigenvalue weighted by Crippen LogP contribution is 2.29. The van der Waals surface area contributed by atoms with Gasteiger partial charge in [-0.1, -0.05) is 12.1 Å². The van der Waals surface area contributed by atoms with Crippen molar-refractivity contribution in [2.24, 2.45) is 0 Å². The van der Waals surface area contributed by atoms with Crippen LogP contribution in [0.15, 0.2) is 36.5 Å². The SMILES string of the molecule is C1=C(c2ccc3[nH]ccc3c2)CCC1. The molecule has 14 heavy (non-hydrogen) atoms. The van der Waals surface area contributed by atoms with E-state index in [9.17, 15) is 0 Å². The summed E-state index contributed by atoms with van der Waals surface area (Å²) in [7, 11) is 0. The maximum absolute atomic E-state index is 3.22. The first-order valence-corrected chi connectivity index (χ1v) is 5.20. The molecule has 0 saturated carbocycles. The van der Waals surface area contributed by atoms with Crippen LogP contribution >= 0.6 is 0 Å². The quantitative estimate of drug-likeness (QED) is 0.693. The van der Waals surface area contributed by atoms with Crippen LogP contribution in [0.3, 0.4) is 0 Å². The number of benzene rings is 1. The molecule has 0 spiro atoms. The van der Waals surface area contributed by atoms with Crippen molar-refractivity contribution < 1.29 is 0 Å². The molecule has 3 rings (SSSR count). The molecule has 1 aliphatic carbocycles. The van der Waals surface area contributed by atoms with Gasteiger partial charge in [0.2, 0.25) is 0 Å². The lowest BCUT2D eigenvalue weighted by atomic mass is 10.0. The number of hydrogen-bond donors (Lipinski definition) is 1. The van der Waals surface area contributed by atoms with E-state index in [4.69, 9.17) is 0 Å². The van der Waals surface area contributed by atoms with Gasteiger partial charge in [0.25, 0.3) is 0 Å². The van der Waals surface area contributed by atoms with Crippen molar-refractivity contribution in [3.05, 3.63) is 42.1 Å². The summed E-state index contributed by atoms with van der Waals surface area (Å²) in [5.41, 5.74) is 4.15. The molecule has 0 amide bonds. The molecule has 0 atom stereocenters. The smallest absolute Gasteiger partial charge is 0.0454 e. The van der Waals surface area contributed by atoms with E-state index in [1.54, 1.807) is 0 Å². The molecule has 1 N–H and O–H groups in total. The van der Waals surface area contributed by atoms with E-state index < -0.39 is 0 Å². The van der Waals surface area contributed by atoms with Crippen LogP contribution in [0.25, 0.3) is 16.5 Å². The fourth-order valence-electron chi connectivity index (χ4n) is 2.19. The number of fused-ring (bicyclic) bond motifs is 1. The first-order chi connectivity index (χ1) is 6.93. The van der Waals surface area contributed by atoms with Crippen molar-refractivity contribution in [3.63, 3.8) is 0 Å². The van der Waals surface area contributed by atoms with E-state index in [-0.39, 0.29) is 0 Å². The molecule has 0 fully saturated rings. The normalized spacial score (nSPS) is 16.1. The number of aromatic amines is 1. The van der Waals surface area contributed by atoms with Crippen molar-refractivity contribution in [2.75, 3.05) is 0 Å². The Bertz CT molecular complexity index is 491. The number of H-pyrrole nitrogens is 1. The minimum Gasteiger partial charge on any atom is -0.361 e. The lowest BCUT2D eigenvalue weighted by Gasteiger charge is -2.01. The van der Waals surface area contributed by atoms with Gasteiger partial charge >= 0.3 is 0 Å². The first-order valence-electron chi connectivity index (χ1n) is 5.20. The van der Waals surface area contributed by atoms with Gasteiger partial charge in [0.05, 0.1) is 0 Å². The van der Waals surface area contributed by atoms with Crippen LogP contribution in [0.5, 0.6) is 0 Å². The van der Waals surface area contributed by atoms with E-state index in [1.807, 2.05) is 6.20 Å². The third kappa shape index (κ3) is 1.17. The molecule has 1 aliphatic rings. The predicted octanol–water partition coefficient (Wildman–Crippen LogP) is 3.74. The van der Waals surface area contributed by atoms with Gasteiger partial charge in [-0.15, -0.1) is 0 Å². The molecule has 1 nitrogen and oxygen atoms in total. The Morgan fingerprint density at radius 1 is 1.14 bits per heavy atom. The summed E-state index contributed by atoms with van der Waals surface area (Å²) in [6.45, 7) is 0. The molecular formula is C13H13N. The molecule has 1 aromatic heterocycles. The van der Waals surface area contributed by atoms with Crippen LogP contribution in [0, 0.1) is 0 Å². The summed E-state index contributed by atoms with van der Waals surface area (Å²) in [6, 6.07) is 8.80. The summed E-state index contributed by atoms with van der Waals surface area (Å²) in [5.74, 6) is 0. The number of nitrogens with one attached hydrogen (secondary N) is 1. The average molecular weight is 183 g/mol. The van der Waals surface area contributed by atoms with Crippen molar-refractivity contribution in [3.8, 4) is 0 Å². The fraction of sp³-hybridized carbons (Fsp3) is 0.231. The molecule has 0 aliphatic heterocycles. The maximum atomic E-state index is 3.22. The second-order valence-electron chi connectivity index (χ2n) is 3.90. The molecule has 1 heteroatoms. The van der Waals surface area contributed by atoms with E-state index in [0.717, 1.165) is 0 Å². The van der Waals surface area contributed by atoms with E-state index in [0.29, 0.717) is 0 Å². The standard InChI is InChI=1S/C13H13N/c1-2-4-10(3-1)11-5-6-13-12(9-11)7-8-14-13/h3,5-9,14H,1-2,4H2. The summed E-state index contributed by atoms with van der Waals surface area (Å²) >= 11 is 0. The van der Waals surface area contributed by atoms with E-state index >= 15 is 0 Å². The average Bonchev–Trinajstić information content (AvgIpc) is 2.88. The Morgan fingerprint density at radius 3 is 3.00 bits per heavy atom. The molecule has 2 aromatic rings. The molecule has 1 heterocycles. The Kier molecular flexibility index (Phi) is 1.69. The molecule has 0 radical (unpaired) electrons. The molecule has 70 valence electrons. The Balaban J connectivity index is 2.13. The number of allylic oxidation sites excluding steroid dienone is 2. The zero-order valence-electron chi connectivity index (χ0n) is 8.09. The topological polar surface area (TPSA) is 15.8 Å². The Morgan fingerprint density at radius 2 is 2.14 bits per heavy atom. The third-order valence-electron chi connectivity index (χ3n) is 2.97. The van der Waals surface area contributed by atoms with Crippen LogP contribution in [0.4, 0.5) is 0 Å². The Labute approximate surface area is 83.5 Å². The first kappa shape index (κ1) is 7.86. The van der Waals surface area contributed by atoms with Crippen LogP contribution in [0.2, 0.25) is 0 Å². The van der Waals surface area contributed by atoms with Crippen molar-refractivity contribution >= 4 is 16.5 Å². The molecular weight excluding hydrogens is 170 g/mol. The van der Waals surface area contributed by atoms with Gasteiger partial charge in [-0.05, 0) is 54.0 Å². The lowest BCUT2D eigenvalue weighted by Crippen LogP contribution is -1.79. The van der Waals surface area contributed by atoms with Gasteiger partial charge in [0.1, 0.15) is 0 Å². The Hall–Kier alpha value is -1.50. The van der Waals surface area contributed by atoms with Gasteiger partial charge in [-0.25, -0.2) is 0 Å². The van der Waals surface area contributed by atoms with E-state index in [1.165, 1.54) is 41.3 Å². The number of aromatic nitrogens is 1. The van der Waals surface area contributed by atoms with Crippen molar-refractivity contribution in [2.45, 2.75) is 19.3 Å². The summed E-state index contributed by atoms with van der Waals surface area (Å²) in [4.78, 5) is 3.22. The van der Waals surface area contributed by atoms with Gasteiger partial charge in [0, 0.05) is 11.7 Å². The fourth-order valence-corrected chi connectivity index (χ4v) is 2.19. The molecule has 0 unspecified atom stereocenters. The number of hydrogen-bond acceptors (Lipinski definition) is 0. The van der Waals surface area contributed by atoms with Crippen LogP contribution in [0.1, 0.15) is 24.8 Å². The highest BCUT2D eigenvalue weighted by atomic mass is 14.7. The third-order valence-corrected chi connectivity index (χ3v) is 2.97. The molecule has 1 aromatic carbocycles. The highest BCUT2D eigenvalue weighted by molar-refractivity contribution is 5.84. The molecule has 0 saturated heterocycles. The minimum atomic E-state index is 1.23. The second kappa shape index (κ2) is 3.02. The van der Waals surface area contributed by atoms with Gasteiger partial charge in [-0.3, -0.25) is 0 Å². The maximum Gasteiger partial charge on any atom is 0.0454 e. The minimum absolute atomic E-state index is 1.23. The van der Waals surface area contributed by atoms with Crippen LogP contribution < -0.4 is 0 Å². The summed E-state index contributed by atoms with van der Waals surface area (Å²) < 4.78 is 0. The predicted molar refractivity (Wildman–Crippen MR) is 60.1 cm³/mol. The summed E-state index contributed by atoms with van der Waals surface area (Å²) in [6.07, 6.45) is 8.18. The zero-order chi connectivity index (χ0) is 9.38. The lowest BCUT2D eigenvalue weighted by molar-refractivity contribution is 0.935. The van der Waals surface area contributed by atoms with Crippen LogP contribution in [-0.2, 0) is 0 Å².